The van der Waals surface area contributed by atoms with Gasteiger partial charge in [0.25, 0.3) is 5.91 Å². The highest BCUT2D eigenvalue weighted by molar-refractivity contribution is 5.86. The minimum absolute atomic E-state index is 0.541. The monoisotopic (exact) mass is 715 g/mol. The van der Waals surface area contributed by atoms with Crippen LogP contribution in [0, 0.1) is 0 Å². The number of carboxylic acids is 1. The summed E-state index contributed by atoms with van der Waals surface area (Å²) in [4.78, 5) is 22.2. The van der Waals surface area contributed by atoms with Crippen LogP contribution >= 0.6 is 0 Å². The maximum absolute atomic E-state index is 14.1. The molecule has 0 radical (unpaired) electrons. The third kappa shape index (κ3) is 9.89. The van der Waals surface area contributed by atoms with Crippen LogP contribution in [0.15, 0.2) is 0 Å². The van der Waals surface area contributed by atoms with Gasteiger partial charge in [0.2, 0.25) is 12.0 Å². The van der Waals surface area contributed by atoms with E-state index in [0.29, 0.717) is 0 Å². The molecule has 1 amide bonds. The van der Waals surface area contributed by atoms with Crippen LogP contribution in [0.3, 0.4) is 0 Å². The molecule has 0 spiro atoms. The van der Waals surface area contributed by atoms with E-state index in [4.69, 9.17) is 35.0 Å². The molecule has 23 heteroatoms. The van der Waals surface area contributed by atoms with E-state index < -0.39 is 135 Å². The molecule has 0 bridgehead atoms. The molecule has 0 saturated carbocycles. The quantitative estimate of drug-likeness (QED) is 0.111. The van der Waals surface area contributed by atoms with Crippen LogP contribution in [0.2, 0.25) is 0 Å². The van der Waals surface area contributed by atoms with Crippen molar-refractivity contribution in [2.75, 3.05) is 19.8 Å². The number of alkyl halides is 1. The lowest BCUT2D eigenvalue weighted by molar-refractivity contribution is -0.363. The van der Waals surface area contributed by atoms with Crippen molar-refractivity contribution in [1.29, 1.82) is 0 Å². The maximum atomic E-state index is 14.1. The second-order valence-corrected chi connectivity index (χ2v) is 11.6. The number of carbonyl (C=O) groups excluding carboxylic acids is 1. The van der Waals surface area contributed by atoms with E-state index in [0.717, 1.165) is 13.8 Å². The number of amides is 1. The summed E-state index contributed by atoms with van der Waals surface area (Å²) in [5.74, 6) is -10.2. The van der Waals surface area contributed by atoms with Gasteiger partial charge in [-0.05, 0) is 20.8 Å². The smallest absolute Gasteiger partial charge is 0.325 e. The minimum Gasteiger partial charge on any atom is -0.480 e. The van der Waals surface area contributed by atoms with E-state index in [-0.39, 0.29) is 0 Å². The molecule has 3 aliphatic heterocycles. The Hall–Kier alpha value is -1.85. The highest BCUT2D eigenvalue weighted by atomic mass is 19.1. The van der Waals surface area contributed by atoms with Crippen molar-refractivity contribution in [2.45, 2.75) is 124 Å². The zero-order valence-electron chi connectivity index (χ0n) is 25.8. The van der Waals surface area contributed by atoms with Gasteiger partial charge in [-0.15, -0.1) is 0 Å². The number of nitrogens with one attached hydrogen (secondary N) is 1. The number of hydrogen-bond donors (Lipinski definition) is 17. The Morgan fingerprint density at radius 1 is 0.729 bits per heavy atom. The van der Waals surface area contributed by atoms with Crippen LogP contribution in [0.25, 0.3) is 0 Å². The minimum atomic E-state index is -3.27. The van der Waals surface area contributed by atoms with Crippen LogP contribution in [0.5, 0.6) is 0 Å². The van der Waals surface area contributed by atoms with E-state index in [1.54, 1.807) is 5.32 Å². The Morgan fingerprint density at radius 2 is 1.15 bits per heavy atom. The molecule has 17 atom stereocenters. The number of carbonyl (C=O) groups is 2. The van der Waals surface area contributed by atoms with Gasteiger partial charge in [0.1, 0.15) is 79.3 Å². The van der Waals surface area contributed by atoms with E-state index in [2.05, 4.69) is 4.74 Å². The molecule has 3 aliphatic rings. The van der Waals surface area contributed by atoms with Crippen molar-refractivity contribution in [2.24, 2.45) is 0 Å². The molecule has 0 aliphatic carbocycles. The lowest BCUT2D eigenvalue weighted by Gasteiger charge is -2.46. The standard InChI is InChI=1S/C11H18FNO9.2C7H14O6/c1-3(10(19)20)13-9(18)7(12)11(21)8(17)6(16)5(15)4(2-14)22-11;1-7(12)6(11)4(10)5(13-7)3(9)2-8;1-7(12)6(11)5(10)4(9)3(2-8)13-7/h3-8,14-17,21H,2H2,1H3,(H,13,18)(H,19,20);2*3-6,8-12H,2H2,1H3/t3-,4+,5-,6-,7?,8+,11-;3-,4-,5+,6-,7-;3-,4+,5+,6-,7?/m011/s1. The summed E-state index contributed by atoms with van der Waals surface area (Å²) in [5, 5.41) is 149. The third-order valence-electron chi connectivity index (χ3n) is 7.64. The number of aliphatic hydroxyl groups is 15. The van der Waals surface area contributed by atoms with Gasteiger partial charge in [0, 0.05) is 0 Å². The topological polar surface area (TPSA) is 398 Å². The van der Waals surface area contributed by atoms with Crippen LogP contribution in [0.1, 0.15) is 20.8 Å². The predicted octanol–water partition coefficient (Wildman–Crippen LogP) is -9.59. The van der Waals surface area contributed by atoms with Crippen molar-refractivity contribution >= 4 is 11.9 Å². The first-order valence-electron chi connectivity index (χ1n) is 14.2. The molecule has 0 aromatic carbocycles. The Morgan fingerprint density at radius 3 is 1.54 bits per heavy atom. The second kappa shape index (κ2) is 17.4. The lowest BCUT2D eigenvalue weighted by Crippen LogP contribution is -2.70. The van der Waals surface area contributed by atoms with Gasteiger partial charge >= 0.3 is 5.97 Å². The molecule has 48 heavy (non-hydrogen) atoms. The highest BCUT2D eigenvalue weighted by Crippen LogP contribution is 2.33. The summed E-state index contributed by atoms with van der Waals surface area (Å²) < 4.78 is 28.3. The van der Waals surface area contributed by atoms with Gasteiger partial charge in [0.15, 0.2) is 11.6 Å². The number of hydrogen-bond acceptors (Lipinski definition) is 20. The first-order valence-corrected chi connectivity index (χ1v) is 14.2. The number of carboxylic acid groups (broad SMARTS) is 1. The third-order valence-corrected chi connectivity index (χ3v) is 7.64. The fourth-order valence-corrected chi connectivity index (χ4v) is 4.56. The fraction of sp³-hybridized carbons (Fsp3) is 0.920. The molecule has 22 nitrogen and oxygen atoms in total. The Kier molecular flexibility index (Phi) is 16.0. The fourth-order valence-electron chi connectivity index (χ4n) is 4.56. The molecule has 284 valence electrons. The van der Waals surface area contributed by atoms with Crippen LogP contribution in [-0.4, -0.2) is 216 Å². The first-order chi connectivity index (χ1) is 21.9. The molecule has 0 aromatic heterocycles. The molecular formula is C25H46FNO21. The van der Waals surface area contributed by atoms with E-state index >= 15 is 0 Å². The summed E-state index contributed by atoms with van der Waals surface area (Å²) in [6, 6.07) is -1.49. The Balaban J connectivity index is 0.000000381. The average molecular weight is 716 g/mol. The van der Waals surface area contributed by atoms with Gasteiger partial charge in [-0.1, -0.05) is 0 Å². The van der Waals surface area contributed by atoms with Crippen molar-refractivity contribution in [3.8, 4) is 0 Å². The van der Waals surface area contributed by atoms with Gasteiger partial charge in [-0.2, -0.15) is 0 Å². The average Bonchev–Trinajstić information content (AvgIpc) is 3.24. The summed E-state index contributed by atoms with van der Waals surface area (Å²) >= 11 is 0. The van der Waals surface area contributed by atoms with Crippen molar-refractivity contribution in [1.82, 2.24) is 5.32 Å². The maximum Gasteiger partial charge on any atom is 0.325 e. The first kappa shape index (κ1) is 44.2. The summed E-state index contributed by atoms with van der Waals surface area (Å²) in [5.41, 5.74) is 0. The summed E-state index contributed by atoms with van der Waals surface area (Å²) in [7, 11) is 0. The molecule has 3 saturated heterocycles. The van der Waals surface area contributed by atoms with Gasteiger partial charge in [0.05, 0.1) is 19.8 Å². The zero-order chi connectivity index (χ0) is 37.7. The second-order valence-electron chi connectivity index (χ2n) is 11.6. The molecule has 17 N–H and O–H groups in total. The molecule has 3 fully saturated rings. The molecule has 3 heterocycles. The van der Waals surface area contributed by atoms with Crippen molar-refractivity contribution in [3.63, 3.8) is 0 Å². The zero-order valence-corrected chi connectivity index (χ0v) is 25.8. The van der Waals surface area contributed by atoms with Crippen LogP contribution in [-0.2, 0) is 23.8 Å². The van der Waals surface area contributed by atoms with E-state index in [1.807, 2.05) is 0 Å². The molecule has 2 unspecified atom stereocenters. The number of aliphatic carboxylic acids is 1. The molecular weight excluding hydrogens is 669 g/mol. The van der Waals surface area contributed by atoms with Crippen LogP contribution in [0.4, 0.5) is 4.39 Å². The summed E-state index contributed by atoms with van der Waals surface area (Å²) in [6.45, 7) is 1.27. The normalized spacial score (nSPS) is 44.6. The largest absolute Gasteiger partial charge is 0.480 e. The van der Waals surface area contributed by atoms with Gasteiger partial charge in [-0.3, -0.25) is 9.59 Å². The van der Waals surface area contributed by atoms with Crippen molar-refractivity contribution in [3.05, 3.63) is 0 Å². The number of ether oxygens (including phenoxy) is 3. The molecule has 0 aromatic rings. The number of aliphatic hydroxyl groups excluding tert-OH is 12. The molecule has 3 rings (SSSR count). The number of rotatable bonds is 8. The van der Waals surface area contributed by atoms with E-state index in [1.165, 1.54) is 6.92 Å². The Bertz CT molecular complexity index is 1040. The van der Waals surface area contributed by atoms with Crippen molar-refractivity contribution < 1.29 is 110 Å². The predicted molar refractivity (Wildman–Crippen MR) is 146 cm³/mol. The summed E-state index contributed by atoms with van der Waals surface area (Å²) in [6.07, 6.45) is -22.0. The lowest BCUT2D eigenvalue weighted by atomic mass is 9.89. The van der Waals surface area contributed by atoms with Gasteiger partial charge < -0.3 is 101 Å². The van der Waals surface area contributed by atoms with Gasteiger partial charge in [-0.25, -0.2) is 4.39 Å². The SMILES string of the molecule is CC1(O)O[C@H](CO)[C@H](O)[C@H](O)[C@H]1O.C[C@@]1(O)O[C@@H]([C@H](O)CO)[C@@H](O)[C@H]1O.C[C@H](NC(=O)C(F)[C@]1(O)O[C@H](CO)[C@H](O)[C@H](O)[C@H]1O)C(=O)O. The Labute approximate surface area is 271 Å². The highest BCUT2D eigenvalue weighted by Gasteiger charge is 2.59. The number of halogens is 1. The van der Waals surface area contributed by atoms with E-state index in [9.17, 15) is 70.2 Å². The van der Waals surface area contributed by atoms with Crippen LogP contribution < -0.4 is 5.32 Å².